The molecule has 0 unspecified atom stereocenters. The SMILES string of the molecule is O=C(O)CC1CCN(C(=O)CNC(=O)c2cccc(F)c2)CC1. The van der Waals surface area contributed by atoms with Gasteiger partial charge in [-0.15, -0.1) is 0 Å². The maximum Gasteiger partial charge on any atom is 0.303 e. The molecule has 1 aliphatic heterocycles. The van der Waals surface area contributed by atoms with Gasteiger partial charge in [-0.3, -0.25) is 14.4 Å². The number of hydrogen-bond donors (Lipinski definition) is 2. The molecule has 1 fully saturated rings. The zero-order valence-corrected chi connectivity index (χ0v) is 12.6. The molecule has 2 N–H and O–H groups in total. The zero-order chi connectivity index (χ0) is 16.8. The van der Waals surface area contributed by atoms with Gasteiger partial charge in [0, 0.05) is 25.1 Å². The lowest BCUT2D eigenvalue weighted by molar-refractivity contribution is -0.138. The number of carboxylic acids is 1. The van der Waals surface area contributed by atoms with Crippen molar-refractivity contribution in [1.29, 1.82) is 0 Å². The van der Waals surface area contributed by atoms with Gasteiger partial charge in [0.2, 0.25) is 5.91 Å². The number of nitrogens with zero attached hydrogens (tertiary/aromatic N) is 1. The van der Waals surface area contributed by atoms with Crippen LogP contribution < -0.4 is 5.32 Å². The number of carboxylic acid groups (broad SMARTS) is 1. The van der Waals surface area contributed by atoms with Crippen LogP contribution >= 0.6 is 0 Å². The first kappa shape index (κ1) is 16.9. The Morgan fingerprint density at radius 1 is 1.26 bits per heavy atom. The Balaban J connectivity index is 1.77. The first-order chi connectivity index (χ1) is 11.0. The Morgan fingerprint density at radius 2 is 1.96 bits per heavy atom. The largest absolute Gasteiger partial charge is 0.481 e. The van der Waals surface area contributed by atoms with Gasteiger partial charge in [0.15, 0.2) is 0 Å². The molecule has 0 radical (unpaired) electrons. The van der Waals surface area contributed by atoms with Crippen molar-refractivity contribution >= 4 is 17.8 Å². The molecule has 0 spiro atoms. The molecule has 0 aromatic heterocycles. The summed E-state index contributed by atoms with van der Waals surface area (Å²) in [5, 5.41) is 11.2. The molecule has 1 saturated heterocycles. The summed E-state index contributed by atoms with van der Waals surface area (Å²) in [5.41, 5.74) is 0.165. The Kier molecular flexibility index (Phi) is 5.67. The van der Waals surface area contributed by atoms with Crippen molar-refractivity contribution in [2.45, 2.75) is 19.3 Å². The van der Waals surface area contributed by atoms with E-state index >= 15 is 0 Å². The predicted octanol–water partition coefficient (Wildman–Crippen LogP) is 1.27. The van der Waals surface area contributed by atoms with E-state index in [0.717, 1.165) is 6.07 Å². The van der Waals surface area contributed by atoms with Crippen LogP contribution in [0.3, 0.4) is 0 Å². The highest BCUT2D eigenvalue weighted by atomic mass is 19.1. The number of carbonyl (C=O) groups is 3. The molecule has 7 heteroatoms. The summed E-state index contributed by atoms with van der Waals surface area (Å²) in [7, 11) is 0. The van der Waals surface area contributed by atoms with Crippen molar-refractivity contribution in [3.05, 3.63) is 35.6 Å². The summed E-state index contributed by atoms with van der Waals surface area (Å²) in [6.45, 7) is 0.832. The van der Waals surface area contributed by atoms with Gasteiger partial charge in [-0.05, 0) is 37.0 Å². The third kappa shape index (κ3) is 5.05. The molecule has 2 amide bonds. The number of benzene rings is 1. The monoisotopic (exact) mass is 322 g/mol. The summed E-state index contributed by atoms with van der Waals surface area (Å²) in [6, 6.07) is 5.25. The molecule has 1 aromatic carbocycles. The first-order valence-corrected chi connectivity index (χ1v) is 7.49. The molecule has 0 atom stereocenters. The minimum atomic E-state index is -0.822. The van der Waals surface area contributed by atoms with Gasteiger partial charge in [-0.25, -0.2) is 4.39 Å². The number of nitrogens with one attached hydrogen (secondary N) is 1. The fourth-order valence-corrected chi connectivity index (χ4v) is 2.63. The van der Waals surface area contributed by atoms with E-state index in [1.807, 2.05) is 0 Å². The van der Waals surface area contributed by atoms with Gasteiger partial charge >= 0.3 is 5.97 Å². The fraction of sp³-hybridized carbons (Fsp3) is 0.438. The highest BCUT2D eigenvalue weighted by molar-refractivity contribution is 5.96. The minimum absolute atomic E-state index is 0.0958. The molecular formula is C16H19FN2O4. The average molecular weight is 322 g/mol. The van der Waals surface area contributed by atoms with E-state index in [1.165, 1.54) is 18.2 Å². The molecular weight excluding hydrogens is 303 g/mol. The summed E-state index contributed by atoms with van der Waals surface area (Å²) in [5.74, 6) is -1.96. The molecule has 1 heterocycles. The van der Waals surface area contributed by atoms with Crippen molar-refractivity contribution in [2.24, 2.45) is 5.92 Å². The summed E-state index contributed by atoms with van der Waals surface area (Å²) >= 11 is 0. The van der Waals surface area contributed by atoms with Gasteiger partial charge in [0.1, 0.15) is 5.82 Å². The smallest absolute Gasteiger partial charge is 0.303 e. The van der Waals surface area contributed by atoms with Gasteiger partial charge in [0.25, 0.3) is 5.91 Å². The van der Waals surface area contributed by atoms with Crippen LogP contribution in [0.25, 0.3) is 0 Å². The van der Waals surface area contributed by atoms with Crippen LogP contribution in [-0.4, -0.2) is 47.4 Å². The minimum Gasteiger partial charge on any atom is -0.481 e. The number of carbonyl (C=O) groups excluding carboxylic acids is 2. The average Bonchev–Trinajstić information content (AvgIpc) is 2.52. The fourth-order valence-electron chi connectivity index (χ4n) is 2.63. The van der Waals surface area contributed by atoms with Crippen LogP contribution in [-0.2, 0) is 9.59 Å². The second-order valence-corrected chi connectivity index (χ2v) is 5.62. The topological polar surface area (TPSA) is 86.7 Å². The van der Waals surface area contributed by atoms with E-state index in [4.69, 9.17) is 5.11 Å². The molecule has 2 rings (SSSR count). The standard InChI is InChI=1S/C16H19FN2O4/c17-13-3-1-2-12(9-13)16(23)18-10-14(20)19-6-4-11(5-7-19)8-15(21)22/h1-3,9,11H,4-8,10H2,(H,18,23)(H,21,22). The second kappa shape index (κ2) is 7.71. The third-order valence-corrected chi connectivity index (χ3v) is 3.92. The molecule has 1 aliphatic rings. The van der Waals surface area contributed by atoms with Gasteiger partial charge < -0.3 is 15.3 Å². The van der Waals surface area contributed by atoms with Crippen LogP contribution in [0.4, 0.5) is 4.39 Å². The Morgan fingerprint density at radius 3 is 2.57 bits per heavy atom. The molecule has 6 nitrogen and oxygen atoms in total. The van der Waals surface area contributed by atoms with Crippen LogP contribution in [0.2, 0.25) is 0 Å². The molecule has 124 valence electrons. The van der Waals surface area contributed by atoms with Crippen molar-refractivity contribution in [2.75, 3.05) is 19.6 Å². The quantitative estimate of drug-likeness (QED) is 0.855. The number of hydrogen-bond acceptors (Lipinski definition) is 3. The van der Waals surface area contributed by atoms with E-state index in [1.54, 1.807) is 4.90 Å². The number of piperidine rings is 1. The van der Waals surface area contributed by atoms with E-state index in [9.17, 15) is 18.8 Å². The highest BCUT2D eigenvalue weighted by Crippen LogP contribution is 2.20. The molecule has 0 bridgehead atoms. The summed E-state index contributed by atoms with van der Waals surface area (Å²) in [6.07, 6.45) is 1.42. The number of halogens is 1. The van der Waals surface area contributed by atoms with Crippen LogP contribution in [0, 0.1) is 11.7 Å². The van der Waals surface area contributed by atoms with Crippen LogP contribution in [0.15, 0.2) is 24.3 Å². The molecule has 1 aromatic rings. The highest BCUT2D eigenvalue weighted by Gasteiger charge is 2.24. The van der Waals surface area contributed by atoms with Gasteiger partial charge in [-0.1, -0.05) is 6.07 Å². The number of rotatable bonds is 5. The lowest BCUT2D eigenvalue weighted by Gasteiger charge is -2.31. The van der Waals surface area contributed by atoms with Crippen molar-refractivity contribution in [1.82, 2.24) is 10.2 Å². The summed E-state index contributed by atoms with van der Waals surface area (Å²) in [4.78, 5) is 36.2. The Labute approximate surface area is 133 Å². The molecule has 0 aliphatic carbocycles. The van der Waals surface area contributed by atoms with E-state index in [2.05, 4.69) is 5.32 Å². The predicted molar refractivity (Wildman–Crippen MR) is 80.3 cm³/mol. The lowest BCUT2D eigenvalue weighted by atomic mass is 9.93. The van der Waals surface area contributed by atoms with Crippen molar-refractivity contribution in [3.63, 3.8) is 0 Å². The molecule has 0 saturated carbocycles. The van der Waals surface area contributed by atoms with E-state index in [0.29, 0.717) is 25.9 Å². The first-order valence-electron chi connectivity index (χ1n) is 7.49. The summed E-state index contributed by atoms with van der Waals surface area (Å²) < 4.78 is 13.0. The van der Waals surface area contributed by atoms with Crippen LogP contribution in [0.5, 0.6) is 0 Å². The lowest BCUT2D eigenvalue weighted by Crippen LogP contribution is -2.44. The van der Waals surface area contributed by atoms with Crippen molar-refractivity contribution < 1.29 is 23.9 Å². The maximum absolute atomic E-state index is 13.0. The Hall–Kier alpha value is -2.44. The number of likely N-dealkylation sites (tertiary alicyclic amines) is 1. The van der Waals surface area contributed by atoms with Gasteiger partial charge in [0.05, 0.1) is 6.54 Å². The molecule has 23 heavy (non-hydrogen) atoms. The Bertz CT molecular complexity index is 597. The number of aliphatic carboxylic acids is 1. The maximum atomic E-state index is 13.0. The number of amides is 2. The van der Waals surface area contributed by atoms with Gasteiger partial charge in [-0.2, -0.15) is 0 Å². The third-order valence-electron chi connectivity index (χ3n) is 3.92. The van der Waals surface area contributed by atoms with Crippen LogP contribution in [0.1, 0.15) is 29.6 Å². The normalized spacial score (nSPS) is 15.3. The van der Waals surface area contributed by atoms with E-state index < -0.39 is 17.7 Å². The van der Waals surface area contributed by atoms with E-state index in [-0.39, 0.29) is 30.4 Å². The van der Waals surface area contributed by atoms with Crippen molar-refractivity contribution in [3.8, 4) is 0 Å². The zero-order valence-electron chi connectivity index (χ0n) is 12.6. The second-order valence-electron chi connectivity index (χ2n) is 5.62.